The van der Waals surface area contributed by atoms with Crippen molar-refractivity contribution in [3.8, 4) is 11.5 Å². The molecule has 106 valence electrons. The van der Waals surface area contributed by atoms with Gasteiger partial charge in [-0.1, -0.05) is 30.3 Å². The molecule has 1 heterocycles. The highest BCUT2D eigenvalue weighted by Gasteiger charge is 2.52. The van der Waals surface area contributed by atoms with Crippen molar-refractivity contribution >= 4 is 11.9 Å². The average molecular weight is 284 g/mol. The van der Waals surface area contributed by atoms with Gasteiger partial charge in [0.1, 0.15) is 16.9 Å². The number of carbonyl (C=O) groups is 2. The third-order valence-corrected chi connectivity index (χ3v) is 3.66. The highest BCUT2D eigenvalue weighted by Crippen LogP contribution is 2.47. The standard InChI is InChI=1S/C16H12O5/c17-11-6-7-13-12(8-11)16(9-14(18)19,15(20)21-13)10-4-2-1-3-5-10/h1-8,17H,9H2,(H,18,19). The minimum Gasteiger partial charge on any atom is -0.508 e. The third-order valence-electron chi connectivity index (χ3n) is 3.66. The fourth-order valence-electron chi connectivity index (χ4n) is 2.73. The Morgan fingerprint density at radius 1 is 1.14 bits per heavy atom. The Morgan fingerprint density at radius 2 is 1.86 bits per heavy atom. The van der Waals surface area contributed by atoms with Crippen LogP contribution in [-0.2, 0) is 15.0 Å². The lowest BCUT2D eigenvalue weighted by Gasteiger charge is -2.24. The van der Waals surface area contributed by atoms with Crippen LogP contribution in [0.3, 0.4) is 0 Å². The van der Waals surface area contributed by atoms with Gasteiger partial charge in [-0.25, -0.2) is 0 Å². The molecule has 0 fully saturated rings. The van der Waals surface area contributed by atoms with Crippen LogP contribution in [0.25, 0.3) is 0 Å². The molecule has 1 aliphatic heterocycles. The van der Waals surface area contributed by atoms with E-state index in [1.165, 1.54) is 18.2 Å². The molecule has 5 heteroatoms. The zero-order valence-corrected chi connectivity index (χ0v) is 10.9. The molecule has 0 spiro atoms. The number of phenols is 1. The van der Waals surface area contributed by atoms with Gasteiger partial charge in [-0.3, -0.25) is 9.59 Å². The Balaban J connectivity index is 2.29. The molecule has 0 aromatic heterocycles. The maximum absolute atomic E-state index is 12.4. The summed E-state index contributed by atoms with van der Waals surface area (Å²) in [6.07, 6.45) is -0.438. The number of hydrogen-bond acceptors (Lipinski definition) is 4. The fraction of sp³-hybridized carbons (Fsp3) is 0.125. The highest BCUT2D eigenvalue weighted by atomic mass is 16.5. The van der Waals surface area contributed by atoms with Crippen LogP contribution in [0, 0.1) is 0 Å². The monoisotopic (exact) mass is 284 g/mol. The van der Waals surface area contributed by atoms with Gasteiger partial charge in [0.25, 0.3) is 0 Å². The molecule has 2 aromatic rings. The predicted octanol–water partition coefficient (Wildman–Crippen LogP) is 2.07. The molecule has 2 aromatic carbocycles. The number of carbonyl (C=O) groups excluding carboxylic acids is 1. The molecular formula is C16H12O5. The van der Waals surface area contributed by atoms with E-state index in [-0.39, 0.29) is 11.5 Å². The van der Waals surface area contributed by atoms with Gasteiger partial charge in [0, 0.05) is 5.56 Å². The van der Waals surface area contributed by atoms with E-state index in [0.717, 1.165) is 0 Å². The summed E-state index contributed by atoms with van der Waals surface area (Å²) < 4.78 is 5.22. The van der Waals surface area contributed by atoms with Gasteiger partial charge in [-0.05, 0) is 23.8 Å². The first kappa shape index (κ1) is 13.2. The van der Waals surface area contributed by atoms with Crippen LogP contribution in [0.4, 0.5) is 0 Å². The zero-order valence-electron chi connectivity index (χ0n) is 10.9. The Morgan fingerprint density at radius 3 is 2.52 bits per heavy atom. The Hall–Kier alpha value is -2.82. The summed E-state index contributed by atoms with van der Waals surface area (Å²) in [6.45, 7) is 0. The molecule has 0 saturated carbocycles. The minimum atomic E-state index is -1.43. The van der Waals surface area contributed by atoms with E-state index < -0.39 is 23.8 Å². The molecule has 0 bridgehead atoms. The molecule has 3 rings (SSSR count). The molecule has 0 aliphatic carbocycles. The number of fused-ring (bicyclic) bond motifs is 1. The number of rotatable bonds is 3. The molecule has 1 unspecified atom stereocenters. The first-order chi connectivity index (χ1) is 10.0. The van der Waals surface area contributed by atoms with Gasteiger partial charge < -0.3 is 14.9 Å². The van der Waals surface area contributed by atoms with Gasteiger partial charge >= 0.3 is 11.9 Å². The summed E-state index contributed by atoms with van der Waals surface area (Å²) in [7, 11) is 0. The number of carboxylic acid groups (broad SMARTS) is 1. The largest absolute Gasteiger partial charge is 0.508 e. The van der Waals surface area contributed by atoms with Crippen molar-refractivity contribution in [1.29, 1.82) is 0 Å². The summed E-state index contributed by atoms with van der Waals surface area (Å²) in [5.41, 5.74) is -0.524. The number of aliphatic carboxylic acids is 1. The highest BCUT2D eigenvalue weighted by molar-refractivity contribution is 5.97. The van der Waals surface area contributed by atoms with Crippen LogP contribution in [0.1, 0.15) is 17.5 Å². The zero-order chi connectivity index (χ0) is 15.0. The Labute approximate surface area is 120 Å². The lowest BCUT2D eigenvalue weighted by molar-refractivity contribution is -0.145. The second kappa shape index (κ2) is 4.63. The number of hydrogen-bond donors (Lipinski definition) is 2. The maximum atomic E-state index is 12.4. The van der Waals surface area contributed by atoms with Crippen LogP contribution < -0.4 is 4.74 Å². The Bertz CT molecular complexity index is 723. The van der Waals surface area contributed by atoms with Crippen LogP contribution in [-0.4, -0.2) is 22.2 Å². The number of ether oxygens (including phenoxy) is 1. The topological polar surface area (TPSA) is 83.8 Å². The van der Waals surface area contributed by atoms with Crippen LogP contribution in [0.5, 0.6) is 11.5 Å². The SMILES string of the molecule is O=C(O)CC1(c2ccccc2)C(=O)Oc2ccc(O)cc21. The molecule has 1 aliphatic rings. The van der Waals surface area contributed by atoms with E-state index in [0.29, 0.717) is 11.1 Å². The van der Waals surface area contributed by atoms with Crippen LogP contribution in [0.2, 0.25) is 0 Å². The molecule has 5 nitrogen and oxygen atoms in total. The van der Waals surface area contributed by atoms with Crippen LogP contribution in [0.15, 0.2) is 48.5 Å². The number of benzene rings is 2. The van der Waals surface area contributed by atoms with Crippen molar-refractivity contribution in [2.45, 2.75) is 11.8 Å². The molecule has 2 N–H and O–H groups in total. The van der Waals surface area contributed by atoms with Gasteiger partial charge in [-0.2, -0.15) is 0 Å². The van der Waals surface area contributed by atoms with Crippen molar-refractivity contribution in [1.82, 2.24) is 0 Å². The molecular weight excluding hydrogens is 272 g/mol. The van der Waals surface area contributed by atoms with Gasteiger partial charge in [0.05, 0.1) is 6.42 Å². The first-order valence-corrected chi connectivity index (χ1v) is 6.37. The number of phenolic OH excluding ortho intramolecular Hbond substituents is 1. The summed E-state index contributed by atoms with van der Waals surface area (Å²) in [5, 5.41) is 18.9. The third kappa shape index (κ3) is 1.94. The normalized spacial score (nSPS) is 19.9. The average Bonchev–Trinajstić information content (AvgIpc) is 2.73. The van der Waals surface area contributed by atoms with Gasteiger partial charge in [-0.15, -0.1) is 0 Å². The molecule has 0 saturated heterocycles. The van der Waals surface area contributed by atoms with E-state index in [1.54, 1.807) is 30.3 Å². The molecule has 0 radical (unpaired) electrons. The summed E-state index contributed by atoms with van der Waals surface area (Å²) in [4.78, 5) is 23.7. The number of esters is 1. The van der Waals surface area contributed by atoms with Crippen molar-refractivity contribution in [3.05, 3.63) is 59.7 Å². The second-order valence-corrected chi connectivity index (χ2v) is 4.91. The van der Waals surface area contributed by atoms with Crippen LogP contribution >= 0.6 is 0 Å². The van der Waals surface area contributed by atoms with Crippen molar-refractivity contribution in [3.63, 3.8) is 0 Å². The van der Waals surface area contributed by atoms with E-state index in [1.807, 2.05) is 0 Å². The quantitative estimate of drug-likeness (QED) is 0.666. The molecule has 1 atom stereocenters. The smallest absolute Gasteiger partial charge is 0.327 e. The number of carboxylic acids is 1. The minimum absolute atomic E-state index is 0.0438. The van der Waals surface area contributed by atoms with E-state index >= 15 is 0 Å². The summed E-state index contributed by atoms with van der Waals surface area (Å²) in [5.74, 6) is -1.52. The van der Waals surface area contributed by atoms with Gasteiger partial charge in [0.15, 0.2) is 0 Å². The number of aromatic hydroxyl groups is 1. The van der Waals surface area contributed by atoms with E-state index in [4.69, 9.17) is 4.74 Å². The lowest BCUT2D eigenvalue weighted by Crippen LogP contribution is -2.37. The summed E-state index contributed by atoms with van der Waals surface area (Å²) in [6, 6.07) is 12.9. The van der Waals surface area contributed by atoms with Crippen molar-refractivity contribution in [2.24, 2.45) is 0 Å². The molecule has 0 amide bonds. The molecule has 21 heavy (non-hydrogen) atoms. The fourth-order valence-corrected chi connectivity index (χ4v) is 2.73. The summed E-state index contributed by atoms with van der Waals surface area (Å²) >= 11 is 0. The predicted molar refractivity (Wildman–Crippen MR) is 73.2 cm³/mol. The van der Waals surface area contributed by atoms with Crippen molar-refractivity contribution < 1.29 is 24.5 Å². The second-order valence-electron chi connectivity index (χ2n) is 4.91. The lowest BCUT2D eigenvalue weighted by atomic mass is 9.73. The van der Waals surface area contributed by atoms with E-state index in [2.05, 4.69) is 0 Å². The van der Waals surface area contributed by atoms with E-state index in [9.17, 15) is 19.8 Å². The van der Waals surface area contributed by atoms with Crippen molar-refractivity contribution in [2.75, 3.05) is 0 Å². The maximum Gasteiger partial charge on any atom is 0.327 e. The first-order valence-electron chi connectivity index (χ1n) is 6.37. The van der Waals surface area contributed by atoms with Gasteiger partial charge in [0.2, 0.25) is 0 Å². The Kier molecular flexibility index (Phi) is 2.90.